The molecule has 0 atom stereocenters. The van der Waals surface area contributed by atoms with Crippen LogP contribution in [0.25, 0.3) is 0 Å². The first-order valence-corrected chi connectivity index (χ1v) is 6.74. The van der Waals surface area contributed by atoms with Crippen molar-refractivity contribution < 1.29 is 9.59 Å². The third-order valence-corrected chi connectivity index (χ3v) is 3.84. The highest BCUT2D eigenvalue weighted by Crippen LogP contribution is 2.38. The summed E-state index contributed by atoms with van der Waals surface area (Å²) in [6.07, 6.45) is 3.78. The van der Waals surface area contributed by atoms with Gasteiger partial charge in [-0.1, -0.05) is 12.8 Å². The second-order valence-electron chi connectivity index (χ2n) is 5.21. The van der Waals surface area contributed by atoms with Gasteiger partial charge < -0.3 is 22.1 Å². The van der Waals surface area contributed by atoms with Crippen LogP contribution in [-0.4, -0.2) is 18.5 Å². The number of nitrogens with two attached hydrogens (primary N) is 2. The first-order chi connectivity index (χ1) is 9.55. The van der Waals surface area contributed by atoms with Gasteiger partial charge in [0.2, 0.25) is 5.91 Å². The van der Waals surface area contributed by atoms with E-state index in [0.29, 0.717) is 17.9 Å². The fourth-order valence-corrected chi connectivity index (χ4v) is 2.62. The summed E-state index contributed by atoms with van der Waals surface area (Å²) in [5, 5.41) is 5.36. The second kappa shape index (κ2) is 5.92. The van der Waals surface area contributed by atoms with E-state index in [-0.39, 0.29) is 5.91 Å². The molecule has 0 spiro atoms. The standard InChI is InChI=1S/C14H20N4O2/c15-9-14(7-1-2-8-14)12(19)17-10-3-5-11(6-4-10)18-13(16)20/h3-6H,1-2,7-9,15H2,(H,17,19)(H3,16,18,20). The van der Waals surface area contributed by atoms with Gasteiger partial charge in [-0.15, -0.1) is 0 Å². The molecule has 108 valence electrons. The maximum atomic E-state index is 12.3. The highest BCUT2D eigenvalue weighted by Gasteiger charge is 2.39. The highest BCUT2D eigenvalue weighted by molar-refractivity contribution is 5.96. The maximum absolute atomic E-state index is 12.3. The topological polar surface area (TPSA) is 110 Å². The van der Waals surface area contributed by atoms with Gasteiger partial charge in [0.15, 0.2) is 0 Å². The summed E-state index contributed by atoms with van der Waals surface area (Å²) in [5.74, 6) is -0.0203. The van der Waals surface area contributed by atoms with Crippen LogP contribution in [0.15, 0.2) is 24.3 Å². The van der Waals surface area contributed by atoms with Crippen molar-refractivity contribution in [3.8, 4) is 0 Å². The molecule has 1 aromatic carbocycles. The lowest BCUT2D eigenvalue weighted by Crippen LogP contribution is -2.40. The molecule has 2 rings (SSSR count). The number of carbonyl (C=O) groups is 2. The molecule has 0 aromatic heterocycles. The van der Waals surface area contributed by atoms with Crippen LogP contribution < -0.4 is 22.1 Å². The number of benzene rings is 1. The van der Waals surface area contributed by atoms with Crippen LogP contribution in [0.4, 0.5) is 16.2 Å². The van der Waals surface area contributed by atoms with E-state index in [1.807, 2.05) is 0 Å². The lowest BCUT2D eigenvalue weighted by Gasteiger charge is -2.25. The molecule has 0 heterocycles. The van der Waals surface area contributed by atoms with E-state index in [0.717, 1.165) is 25.7 Å². The monoisotopic (exact) mass is 276 g/mol. The number of carbonyl (C=O) groups excluding carboxylic acids is 2. The lowest BCUT2D eigenvalue weighted by atomic mass is 9.85. The minimum atomic E-state index is -0.616. The molecule has 1 aliphatic carbocycles. The minimum Gasteiger partial charge on any atom is -0.351 e. The third-order valence-electron chi connectivity index (χ3n) is 3.84. The van der Waals surface area contributed by atoms with E-state index in [4.69, 9.17) is 11.5 Å². The van der Waals surface area contributed by atoms with Crippen LogP contribution in [0.2, 0.25) is 0 Å². The smallest absolute Gasteiger partial charge is 0.316 e. The molecule has 1 aromatic rings. The highest BCUT2D eigenvalue weighted by atomic mass is 16.2. The summed E-state index contributed by atoms with van der Waals surface area (Å²) in [5.41, 5.74) is 11.7. The fraction of sp³-hybridized carbons (Fsp3) is 0.429. The summed E-state index contributed by atoms with van der Waals surface area (Å²) < 4.78 is 0. The molecule has 1 aliphatic rings. The van der Waals surface area contributed by atoms with Crippen molar-refractivity contribution >= 4 is 23.3 Å². The molecule has 0 aliphatic heterocycles. The third kappa shape index (κ3) is 3.08. The Morgan fingerprint density at radius 3 is 2.00 bits per heavy atom. The molecule has 0 unspecified atom stereocenters. The van der Waals surface area contributed by atoms with Gasteiger partial charge in [0.05, 0.1) is 5.41 Å². The molecule has 0 radical (unpaired) electrons. The number of amides is 3. The van der Waals surface area contributed by atoms with Gasteiger partial charge in [0.1, 0.15) is 0 Å². The molecule has 0 saturated heterocycles. The van der Waals surface area contributed by atoms with Crippen molar-refractivity contribution in [2.45, 2.75) is 25.7 Å². The molecule has 0 bridgehead atoms. The van der Waals surface area contributed by atoms with Crippen molar-refractivity contribution in [3.05, 3.63) is 24.3 Å². The fourth-order valence-electron chi connectivity index (χ4n) is 2.62. The van der Waals surface area contributed by atoms with Crippen molar-refractivity contribution in [1.29, 1.82) is 0 Å². The van der Waals surface area contributed by atoms with Gasteiger partial charge in [0, 0.05) is 17.9 Å². The number of hydrogen-bond donors (Lipinski definition) is 4. The van der Waals surface area contributed by atoms with Gasteiger partial charge in [-0.3, -0.25) is 4.79 Å². The zero-order valence-electron chi connectivity index (χ0n) is 11.3. The average Bonchev–Trinajstić information content (AvgIpc) is 2.90. The summed E-state index contributed by atoms with van der Waals surface area (Å²) in [7, 11) is 0. The Labute approximate surface area is 117 Å². The molecule has 20 heavy (non-hydrogen) atoms. The zero-order chi connectivity index (χ0) is 14.6. The normalized spacial score (nSPS) is 16.6. The lowest BCUT2D eigenvalue weighted by molar-refractivity contribution is -0.124. The Morgan fingerprint density at radius 1 is 1.05 bits per heavy atom. The summed E-state index contributed by atoms with van der Waals surface area (Å²) >= 11 is 0. The van der Waals surface area contributed by atoms with Crippen LogP contribution in [0, 0.1) is 5.41 Å². The van der Waals surface area contributed by atoms with Gasteiger partial charge >= 0.3 is 6.03 Å². The van der Waals surface area contributed by atoms with E-state index in [1.54, 1.807) is 24.3 Å². The first kappa shape index (κ1) is 14.3. The number of primary amides is 1. The van der Waals surface area contributed by atoms with E-state index < -0.39 is 11.4 Å². The number of hydrogen-bond acceptors (Lipinski definition) is 3. The van der Waals surface area contributed by atoms with Crippen LogP contribution in [-0.2, 0) is 4.79 Å². The Morgan fingerprint density at radius 2 is 1.55 bits per heavy atom. The van der Waals surface area contributed by atoms with Gasteiger partial charge in [-0.25, -0.2) is 4.79 Å². The molecular formula is C14H20N4O2. The molecular weight excluding hydrogens is 256 g/mol. The van der Waals surface area contributed by atoms with Crippen molar-refractivity contribution in [2.75, 3.05) is 17.2 Å². The number of nitrogens with one attached hydrogen (secondary N) is 2. The zero-order valence-corrected chi connectivity index (χ0v) is 11.3. The summed E-state index contributed by atoms with van der Waals surface area (Å²) in [4.78, 5) is 23.1. The largest absolute Gasteiger partial charge is 0.351 e. The van der Waals surface area contributed by atoms with Crippen molar-refractivity contribution in [3.63, 3.8) is 0 Å². The predicted molar refractivity (Wildman–Crippen MR) is 78.2 cm³/mol. The quantitative estimate of drug-likeness (QED) is 0.670. The van der Waals surface area contributed by atoms with E-state index in [9.17, 15) is 9.59 Å². The van der Waals surface area contributed by atoms with Crippen molar-refractivity contribution in [2.24, 2.45) is 16.9 Å². The summed E-state index contributed by atoms with van der Waals surface area (Å²) in [6.45, 7) is 0.375. The maximum Gasteiger partial charge on any atom is 0.316 e. The number of urea groups is 1. The average molecular weight is 276 g/mol. The van der Waals surface area contributed by atoms with Gasteiger partial charge in [0.25, 0.3) is 0 Å². The van der Waals surface area contributed by atoms with Crippen LogP contribution in [0.1, 0.15) is 25.7 Å². The molecule has 3 amide bonds. The molecule has 6 heteroatoms. The van der Waals surface area contributed by atoms with E-state index >= 15 is 0 Å². The minimum absolute atomic E-state index is 0.0203. The Hall–Kier alpha value is -2.08. The first-order valence-electron chi connectivity index (χ1n) is 6.74. The Bertz CT molecular complexity index is 492. The van der Waals surface area contributed by atoms with E-state index in [1.165, 1.54) is 0 Å². The van der Waals surface area contributed by atoms with Crippen LogP contribution >= 0.6 is 0 Å². The number of anilines is 2. The molecule has 6 nitrogen and oxygen atoms in total. The van der Waals surface area contributed by atoms with Gasteiger partial charge in [-0.05, 0) is 37.1 Å². The molecule has 1 fully saturated rings. The predicted octanol–water partition coefficient (Wildman–Crippen LogP) is 1.63. The Kier molecular flexibility index (Phi) is 4.24. The van der Waals surface area contributed by atoms with Gasteiger partial charge in [-0.2, -0.15) is 0 Å². The van der Waals surface area contributed by atoms with Crippen molar-refractivity contribution in [1.82, 2.24) is 0 Å². The molecule has 6 N–H and O–H groups in total. The van der Waals surface area contributed by atoms with Crippen LogP contribution in [0.5, 0.6) is 0 Å². The van der Waals surface area contributed by atoms with E-state index in [2.05, 4.69) is 10.6 Å². The summed E-state index contributed by atoms with van der Waals surface area (Å²) in [6, 6.07) is 6.20. The van der Waals surface area contributed by atoms with Crippen LogP contribution in [0.3, 0.4) is 0 Å². The Balaban J connectivity index is 2.02. The number of rotatable bonds is 4. The molecule has 1 saturated carbocycles. The second-order valence-corrected chi connectivity index (χ2v) is 5.21. The SMILES string of the molecule is NCC1(C(=O)Nc2ccc(NC(N)=O)cc2)CCCC1.